The van der Waals surface area contributed by atoms with Gasteiger partial charge in [-0.15, -0.1) is 0 Å². The van der Waals surface area contributed by atoms with Gasteiger partial charge in [0.2, 0.25) is 0 Å². The number of halogens is 1. The van der Waals surface area contributed by atoms with E-state index in [9.17, 15) is 0 Å². The maximum Gasteiger partial charge on any atom is 0.0406 e. The molecule has 3 aromatic rings. The van der Waals surface area contributed by atoms with Crippen LogP contribution >= 0.6 is 11.6 Å². The molecule has 0 spiro atoms. The number of rotatable bonds is 2. The van der Waals surface area contributed by atoms with E-state index in [1.54, 1.807) is 5.56 Å². The van der Waals surface area contributed by atoms with Crippen molar-refractivity contribution in [1.82, 2.24) is 0 Å². The molecule has 4 fully saturated rings. The molecule has 0 atom stereocenters. The van der Waals surface area contributed by atoms with Crippen molar-refractivity contribution in [3.05, 3.63) is 71.2 Å². The van der Waals surface area contributed by atoms with Crippen LogP contribution in [0.3, 0.4) is 0 Å². The van der Waals surface area contributed by atoms with Gasteiger partial charge in [0, 0.05) is 5.02 Å². The first-order valence-corrected chi connectivity index (χ1v) is 10.9. The number of hydrogen-bond donors (Lipinski definition) is 0. The predicted molar refractivity (Wildman–Crippen MR) is 114 cm³/mol. The van der Waals surface area contributed by atoms with Gasteiger partial charge in [0.1, 0.15) is 0 Å². The fourth-order valence-corrected chi connectivity index (χ4v) is 7.21. The van der Waals surface area contributed by atoms with Crippen molar-refractivity contribution in [2.24, 2.45) is 17.8 Å². The molecule has 0 heterocycles. The molecular weight excluding hydrogens is 348 g/mol. The first kappa shape index (κ1) is 16.2. The Kier molecular flexibility index (Phi) is 3.51. The lowest BCUT2D eigenvalue weighted by Crippen LogP contribution is -2.48. The van der Waals surface area contributed by atoms with Gasteiger partial charge in [0.05, 0.1) is 0 Å². The van der Waals surface area contributed by atoms with Crippen LogP contribution in [0.5, 0.6) is 0 Å². The molecule has 27 heavy (non-hydrogen) atoms. The third-order valence-corrected chi connectivity index (χ3v) is 7.94. The van der Waals surface area contributed by atoms with Crippen LogP contribution in [0.15, 0.2) is 60.7 Å². The molecular formula is C26H25Cl. The molecule has 4 aliphatic carbocycles. The van der Waals surface area contributed by atoms with Gasteiger partial charge >= 0.3 is 0 Å². The molecule has 0 aliphatic heterocycles. The summed E-state index contributed by atoms with van der Waals surface area (Å²) in [5.74, 6) is 2.93. The van der Waals surface area contributed by atoms with Crippen molar-refractivity contribution in [3.63, 3.8) is 0 Å². The van der Waals surface area contributed by atoms with Crippen molar-refractivity contribution in [1.29, 1.82) is 0 Å². The molecule has 1 heteroatoms. The third kappa shape index (κ3) is 2.49. The summed E-state index contributed by atoms with van der Waals surface area (Å²) in [5.41, 5.74) is 4.66. The van der Waals surface area contributed by atoms with E-state index in [1.807, 2.05) is 12.1 Å². The van der Waals surface area contributed by atoms with Crippen LogP contribution in [-0.2, 0) is 5.41 Å². The maximum absolute atomic E-state index is 6.12. The van der Waals surface area contributed by atoms with Gasteiger partial charge in [-0.2, -0.15) is 0 Å². The van der Waals surface area contributed by atoms with Gasteiger partial charge in [-0.25, -0.2) is 0 Å². The molecule has 0 amide bonds. The Hall–Kier alpha value is -1.79. The smallest absolute Gasteiger partial charge is 0.0406 e. The molecule has 3 aromatic carbocycles. The summed E-state index contributed by atoms with van der Waals surface area (Å²) in [7, 11) is 0. The van der Waals surface area contributed by atoms with E-state index in [-0.39, 0.29) is 0 Å². The quantitative estimate of drug-likeness (QED) is 0.433. The van der Waals surface area contributed by atoms with Crippen LogP contribution in [0.2, 0.25) is 5.02 Å². The molecule has 0 radical (unpaired) electrons. The highest BCUT2D eigenvalue weighted by Gasteiger charge is 2.51. The van der Waals surface area contributed by atoms with Gasteiger partial charge in [-0.1, -0.05) is 60.1 Å². The minimum Gasteiger partial charge on any atom is -0.0843 e. The highest BCUT2D eigenvalue weighted by molar-refractivity contribution is 6.30. The van der Waals surface area contributed by atoms with Gasteiger partial charge in [-0.3, -0.25) is 0 Å². The Labute approximate surface area is 166 Å². The summed E-state index contributed by atoms with van der Waals surface area (Å²) in [6.07, 6.45) is 8.76. The normalized spacial score (nSPS) is 31.5. The van der Waals surface area contributed by atoms with Gasteiger partial charge in [0.15, 0.2) is 0 Å². The average Bonchev–Trinajstić information content (AvgIpc) is 2.67. The van der Waals surface area contributed by atoms with E-state index in [2.05, 4.69) is 48.5 Å². The zero-order valence-electron chi connectivity index (χ0n) is 15.6. The van der Waals surface area contributed by atoms with Gasteiger partial charge in [0.25, 0.3) is 0 Å². The largest absolute Gasteiger partial charge is 0.0843 e. The summed E-state index contributed by atoms with van der Waals surface area (Å²) in [6, 6.07) is 22.2. The zero-order valence-corrected chi connectivity index (χ0v) is 16.4. The Bertz CT molecular complexity index is 979. The number of fused-ring (bicyclic) bond motifs is 1. The highest BCUT2D eigenvalue weighted by atomic mass is 35.5. The predicted octanol–water partition coefficient (Wildman–Crippen LogP) is 7.63. The number of benzene rings is 3. The topological polar surface area (TPSA) is 0 Å². The Morgan fingerprint density at radius 1 is 0.667 bits per heavy atom. The van der Waals surface area contributed by atoms with Crippen molar-refractivity contribution in [2.75, 3.05) is 0 Å². The van der Waals surface area contributed by atoms with Crippen LogP contribution in [0.1, 0.15) is 44.1 Å². The summed E-state index contributed by atoms with van der Waals surface area (Å²) in [6.45, 7) is 0. The molecule has 4 bridgehead atoms. The van der Waals surface area contributed by atoms with Crippen LogP contribution < -0.4 is 0 Å². The van der Waals surface area contributed by atoms with E-state index in [4.69, 9.17) is 11.6 Å². The molecule has 0 nitrogen and oxygen atoms in total. The minimum absolute atomic E-state index is 0.437. The lowest BCUT2D eigenvalue weighted by Gasteiger charge is -2.57. The molecule has 0 N–H and O–H groups in total. The minimum atomic E-state index is 0.437. The Balaban J connectivity index is 1.54. The van der Waals surface area contributed by atoms with Gasteiger partial charge < -0.3 is 0 Å². The molecule has 7 rings (SSSR count). The first-order valence-electron chi connectivity index (χ1n) is 10.5. The second kappa shape index (κ2) is 5.85. The Morgan fingerprint density at radius 3 is 1.89 bits per heavy atom. The van der Waals surface area contributed by atoms with Crippen LogP contribution in [0, 0.1) is 17.8 Å². The summed E-state index contributed by atoms with van der Waals surface area (Å²) >= 11 is 6.12. The summed E-state index contributed by atoms with van der Waals surface area (Å²) < 4.78 is 0. The highest BCUT2D eigenvalue weighted by Crippen LogP contribution is 2.61. The second-order valence-electron chi connectivity index (χ2n) is 9.41. The van der Waals surface area contributed by atoms with E-state index < -0.39 is 0 Å². The molecule has 0 saturated heterocycles. The zero-order chi connectivity index (χ0) is 18.0. The lowest BCUT2D eigenvalue weighted by molar-refractivity contribution is -0.00449. The Morgan fingerprint density at radius 2 is 1.26 bits per heavy atom. The standard InChI is InChI=1S/C26H25Cl/c27-21-7-5-20(6-8-21)22-9-10-25(24-4-2-1-3-23(22)24)26-14-17-11-18(15-26)13-19(12-17)16-26/h1-10,17-19H,11-16H2/t17-,18+,19?,26?. The molecule has 0 unspecified atom stereocenters. The van der Waals surface area contributed by atoms with E-state index in [1.165, 1.54) is 60.4 Å². The lowest BCUT2D eigenvalue weighted by atomic mass is 9.47. The monoisotopic (exact) mass is 372 g/mol. The third-order valence-electron chi connectivity index (χ3n) is 7.69. The van der Waals surface area contributed by atoms with Crippen molar-refractivity contribution < 1.29 is 0 Å². The van der Waals surface area contributed by atoms with Crippen LogP contribution in [0.25, 0.3) is 21.9 Å². The van der Waals surface area contributed by atoms with Crippen molar-refractivity contribution in [2.45, 2.75) is 43.9 Å². The fourth-order valence-electron chi connectivity index (χ4n) is 7.08. The fraction of sp³-hybridized carbons (Fsp3) is 0.385. The SMILES string of the molecule is Clc1ccc(-c2ccc(C34CC5C[C@H](C3)C[C@@H](C5)C4)c3ccccc23)cc1. The average molecular weight is 373 g/mol. The van der Waals surface area contributed by atoms with E-state index in [0.717, 1.165) is 22.8 Å². The maximum atomic E-state index is 6.12. The van der Waals surface area contributed by atoms with Gasteiger partial charge in [-0.05, 0) is 101 Å². The van der Waals surface area contributed by atoms with Crippen molar-refractivity contribution in [3.8, 4) is 11.1 Å². The van der Waals surface area contributed by atoms with Crippen LogP contribution in [-0.4, -0.2) is 0 Å². The molecule has 136 valence electrons. The van der Waals surface area contributed by atoms with Crippen molar-refractivity contribution >= 4 is 22.4 Å². The first-order chi connectivity index (χ1) is 13.2. The molecule has 4 aliphatic rings. The second-order valence-corrected chi connectivity index (χ2v) is 9.85. The van der Waals surface area contributed by atoms with E-state index in [0.29, 0.717) is 5.41 Å². The number of hydrogen-bond acceptors (Lipinski definition) is 0. The van der Waals surface area contributed by atoms with Crippen LogP contribution in [0.4, 0.5) is 0 Å². The molecule has 4 saturated carbocycles. The summed E-state index contributed by atoms with van der Waals surface area (Å²) in [4.78, 5) is 0. The van der Waals surface area contributed by atoms with E-state index >= 15 is 0 Å². The summed E-state index contributed by atoms with van der Waals surface area (Å²) in [5, 5.41) is 3.67. The molecule has 0 aromatic heterocycles.